The van der Waals surface area contributed by atoms with Crippen LogP contribution in [0, 0.1) is 5.82 Å². The van der Waals surface area contributed by atoms with E-state index < -0.39 is 21.7 Å². The number of piperidine rings is 1. The summed E-state index contributed by atoms with van der Waals surface area (Å²) in [6.45, 7) is 0.904. The quantitative estimate of drug-likeness (QED) is 0.623. The van der Waals surface area contributed by atoms with Crippen molar-refractivity contribution in [2.24, 2.45) is 0 Å². The van der Waals surface area contributed by atoms with Crippen LogP contribution >= 0.6 is 0 Å². The van der Waals surface area contributed by atoms with Gasteiger partial charge in [-0.3, -0.25) is 9.59 Å². The van der Waals surface area contributed by atoms with E-state index in [0.29, 0.717) is 24.3 Å². The van der Waals surface area contributed by atoms with Gasteiger partial charge in [0.25, 0.3) is 0 Å². The summed E-state index contributed by atoms with van der Waals surface area (Å²) in [6, 6.07) is 9.55. The molecule has 2 aromatic rings. The number of ketones is 1. The molecule has 3 rings (SSSR count). The largest absolute Gasteiger partial charge is 0.495 e. The lowest BCUT2D eigenvalue weighted by molar-refractivity contribution is -0.116. The van der Waals surface area contributed by atoms with Gasteiger partial charge in [-0.1, -0.05) is 6.42 Å². The highest BCUT2D eigenvalue weighted by Gasteiger charge is 2.29. The molecule has 1 saturated heterocycles. The zero-order chi connectivity index (χ0) is 22.4. The van der Waals surface area contributed by atoms with Crippen molar-refractivity contribution in [1.29, 1.82) is 0 Å². The summed E-state index contributed by atoms with van der Waals surface area (Å²) in [6.07, 6.45) is 2.47. The van der Waals surface area contributed by atoms with Crippen LogP contribution in [0.1, 0.15) is 42.5 Å². The predicted octanol–water partition coefficient (Wildman–Crippen LogP) is 3.61. The molecule has 7 nitrogen and oxygen atoms in total. The van der Waals surface area contributed by atoms with Gasteiger partial charge in [0.2, 0.25) is 15.9 Å². The third-order valence-electron chi connectivity index (χ3n) is 5.13. The Kier molecular flexibility index (Phi) is 7.40. The number of hydrogen-bond acceptors (Lipinski definition) is 5. The van der Waals surface area contributed by atoms with Crippen LogP contribution in [0.5, 0.6) is 5.75 Å². The first-order chi connectivity index (χ1) is 14.8. The van der Waals surface area contributed by atoms with Crippen molar-refractivity contribution in [2.75, 3.05) is 25.5 Å². The molecule has 166 valence electrons. The number of methoxy groups -OCH3 is 1. The van der Waals surface area contributed by atoms with E-state index in [1.165, 1.54) is 47.8 Å². The number of anilines is 1. The van der Waals surface area contributed by atoms with Gasteiger partial charge in [0, 0.05) is 37.2 Å². The number of amides is 1. The predicted molar refractivity (Wildman–Crippen MR) is 114 cm³/mol. The molecule has 0 radical (unpaired) electrons. The number of sulfonamides is 1. The van der Waals surface area contributed by atoms with Crippen LogP contribution in [0.4, 0.5) is 10.1 Å². The van der Waals surface area contributed by atoms with Crippen LogP contribution in [-0.4, -0.2) is 44.6 Å². The Hall–Kier alpha value is -2.78. The molecule has 0 bridgehead atoms. The monoisotopic (exact) mass is 448 g/mol. The van der Waals surface area contributed by atoms with Gasteiger partial charge in [-0.25, -0.2) is 12.8 Å². The number of nitrogens with zero attached hydrogens (tertiary/aromatic N) is 1. The van der Waals surface area contributed by atoms with E-state index >= 15 is 0 Å². The summed E-state index contributed by atoms with van der Waals surface area (Å²) >= 11 is 0. The number of Topliss-reactive ketones (excluding diaryl/α,β-unsaturated/α-hetero) is 1. The molecule has 0 aliphatic carbocycles. The van der Waals surface area contributed by atoms with E-state index in [0.717, 1.165) is 19.3 Å². The number of hydrogen-bond donors (Lipinski definition) is 1. The van der Waals surface area contributed by atoms with E-state index in [4.69, 9.17) is 4.74 Å². The summed E-state index contributed by atoms with van der Waals surface area (Å²) in [5.41, 5.74) is 0.629. The molecule has 0 atom stereocenters. The van der Waals surface area contributed by atoms with E-state index in [2.05, 4.69) is 5.32 Å². The Bertz CT molecular complexity index is 1050. The molecular formula is C22H25FN2O5S. The van der Waals surface area contributed by atoms with Gasteiger partial charge in [0.05, 0.1) is 7.11 Å². The third-order valence-corrected chi connectivity index (χ3v) is 7.05. The second-order valence-electron chi connectivity index (χ2n) is 7.31. The van der Waals surface area contributed by atoms with Crippen molar-refractivity contribution >= 4 is 27.4 Å². The van der Waals surface area contributed by atoms with Crippen LogP contribution in [0.15, 0.2) is 47.4 Å². The van der Waals surface area contributed by atoms with Gasteiger partial charge in [-0.15, -0.1) is 0 Å². The average Bonchev–Trinajstić information content (AvgIpc) is 2.78. The van der Waals surface area contributed by atoms with Crippen LogP contribution in [0.3, 0.4) is 0 Å². The van der Waals surface area contributed by atoms with Crippen LogP contribution in [-0.2, 0) is 14.8 Å². The Balaban J connectivity index is 1.68. The maximum Gasteiger partial charge on any atom is 0.246 e. The summed E-state index contributed by atoms with van der Waals surface area (Å²) in [5, 5.41) is 2.63. The Morgan fingerprint density at radius 2 is 1.71 bits per heavy atom. The highest BCUT2D eigenvalue weighted by Crippen LogP contribution is 2.31. The molecule has 0 aromatic heterocycles. The van der Waals surface area contributed by atoms with Crippen molar-refractivity contribution in [2.45, 2.75) is 37.0 Å². The summed E-state index contributed by atoms with van der Waals surface area (Å²) in [4.78, 5) is 24.5. The first-order valence-electron chi connectivity index (χ1n) is 10.1. The number of carbonyl (C=O) groups is 2. The van der Waals surface area contributed by atoms with E-state index in [1.54, 1.807) is 6.07 Å². The van der Waals surface area contributed by atoms with Crippen LogP contribution in [0.25, 0.3) is 0 Å². The lowest BCUT2D eigenvalue weighted by atomic mass is 10.1. The number of halogens is 1. The zero-order valence-electron chi connectivity index (χ0n) is 17.3. The van der Waals surface area contributed by atoms with Gasteiger partial charge < -0.3 is 10.1 Å². The van der Waals surface area contributed by atoms with Gasteiger partial charge >= 0.3 is 0 Å². The SMILES string of the molecule is COc1ccc(NC(=O)CCC(=O)c2ccc(F)cc2)cc1S(=O)(=O)N1CCCCC1. The molecule has 1 fully saturated rings. The lowest BCUT2D eigenvalue weighted by Gasteiger charge is -2.26. The second kappa shape index (κ2) is 10.0. The number of rotatable bonds is 8. The van der Waals surface area contributed by atoms with Gasteiger partial charge in [0.15, 0.2) is 5.78 Å². The molecule has 0 unspecified atom stereocenters. The lowest BCUT2D eigenvalue weighted by Crippen LogP contribution is -2.35. The number of nitrogens with one attached hydrogen (secondary N) is 1. The highest BCUT2D eigenvalue weighted by atomic mass is 32.2. The minimum absolute atomic E-state index is 0.00270. The van der Waals surface area contributed by atoms with Crippen LogP contribution in [0.2, 0.25) is 0 Å². The second-order valence-corrected chi connectivity index (χ2v) is 9.21. The standard InChI is InChI=1S/C22H25FN2O5S/c1-30-20-11-9-18(15-21(20)31(28,29)25-13-3-2-4-14-25)24-22(27)12-10-19(26)16-5-7-17(23)8-6-16/h5-9,11,15H,2-4,10,12-14H2,1H3,(H,24,27). The van der Waals surface area contributed by atoms with Crippen molar-refractivity contribution in [3.8, 4) is 5.75 Å². The van der Waals surface area contributed by atoms with Gasteiger partial charge in [0.1, 0.15) is 16.5 Å². The van der Waals surface area contributed by atoms with E-state index in [9.17, 15) is 22.4 Å². The van der Waals surface area contributed by atoms with Crippen molar-refractivity contribution < 1.29 is 27.1 Å². The minimum atomic E-state index is -3.76. The molecular weight excluding hydrogens is 423 g/mol. The van der Waals surface area contributed by atoms with E-state index in [1.807, 2.05) is 0 Å². The Morgan fingerprint density at radius 3 is 2.35 bits per heavy atom. The summed E-state index contributed by atoms with van der Waals surface area (Å²) < 4.78 is 45.8. The molecule has 0 spiro atoms. The number of benzene rings is 2. The van der Waals surface area contributed by atoms with Gasteiger partial charge in [-0.2, -0.15) is 4.31 Å². The third kappa shape index (κ3) is 5.68. The first kappa shape index (κ1) is 22.9. The fourth-order valence-electron chi connectivity index (χ4n) is 3.43. The summed E-state index contributed by atoms with van der Waals surface area (Å²) in [5.74, 6) is -0.945. The minimum Gasteiger partial charge on any atom is -0.495 e. The number of ether oxygens (including phenoxy) is 1. The fraction of sp³-hybridized carbons (Fsp3) is 0.364. The molecule has 2 aromatic carbocycles. The topological polar surface area (TPSA) is 92.8 Å². The average molecular weight is 449 g/mol. The van der Waals surface area contributed by atoms with Crippen LogP contribution < -0.4 is 10.1 Å². The maximum absolute atomic E-state index is 13.1. The molecule has 9 heteroatoms. The zero-order valence-corrected chi connectivity index (χ0v) is 18.1. The van der Waals surface area contributed by atoms with Crippen molar-refractivity contribution in [1.82, 2.24) is 4.31 Å². The molecule has 1 amide bonds. The fourth-order valence-corrected chi connectivity index (χ4v) is 5.13. The maximum atomic E-state index is 13.1. The molecule has 1 aliphatic rings. The van der Waals surface area contributed by atoms with Gasteiger partial charge in [-0.05, 0) is 55.3 Å². The normalized spacial score (nSPS) is 14.8. The number of carbonyl (C=O) groups excluding carboxylic acids is 2. The first-order valence-corrected chi connectivity index (χ1v) is 11.5. The molecule has 31 heavy (non-hydrogen) atoms. The van der Waals surface area contributed by atoms with Crippen molar-refractivity contribution in [3.05, 3.63) is 53.8 Å². The van der Waals surface area contributed by atoms with Crippen molar-refractivity contribution in [3.63, 3.8) is 0 Å². The highest BCUT2D eigenvalue weighted by molar-refractivity contribution is 7.89. The molecule has 1 N–H and O–H groups in total. The molecule has 0 saturated carbocycles. The Morgan fingerprint density at radius 1 is 1.03 bits per heavy atom. The smallest absolute Gasteiger partial charge is 0.246 e. The molecule has 1 aliphatic heterocycles. The Labute approximate surface area is 181 Å². The molecule has 1 heterocycles. The summed E-state index contributed by atoms with van der Waals surface area (Å²) in [7, 11) is -2.36. The van der Waals surface area contributed by atoms with E-state index in [-0.39, 0.29) is 29.3 Å².